The SMILES string of the molecule is CC(=O)N[C@@]1(CO)C(=O)NC2C1O[C@H](CO)[C@H](O)[C@@H]2O. The summed E-state index contributed by atoms with van der Waals surface area (Å²) in [6.07, 6.45) is -4.97. The number of carbonyl (C=O) groups excluding carboxylic acids is 2. The molecule has 6 N–H and O–H groups in total. The maximum absolute atomic E-state index is 12.1. The molecule has 2 saturated heterocycles. The molecule has 2 rings (SSSR count). The fraction of sp³-hybridized carbons (Fsp3) is 0.818. The van der Waals surface area contributed by atoms with Crippen molar-refractivity contribution in [1.29, 1.82) is 0 Å². The van der Waals surface area contributed by atoms with Gasteiger partial charge in [-0.1, -0.05) is 0 Å². The number of fused-ring (bicyclic) bond motifs is 1. The molecule has 0 spiro atoms. The van der Waals surface area contributed by atoms with Crippen LogP contribution in [0.4, 0.5) is 0 Å². The molecule has 0 aromatic carbocycles. The lowest BCUT2D eigenvalue weighted by molar-refractivity contribution is -0.201. The Balaban J connectivity index is 2.36. The van der Waals surface area contributed by atoms with Gasteiger partial charge in [0.05, 0.1) is 19.3 Å². The fourth-order valence-electron chi connectivity index (χ4n) is 2.75. The number of ether oxygens (including phenoxy) is 1. The monoisotopic (exact) mass is 290 g/mol. The first-order valence-corrected chi connectivity index (χ1v) is 6.20. The van der Waals surface area contributed by atoms with E-state index in [9.17, 15) is 24.9 Å². The van der Waals surface area contributed by atoms with E-state index in [1.54, 1.807) is 0 Å². The third kappa shape index (κ3) is 2.07. The maximum atomic E-state index is 12.1. The van der Waals surface area contributed by atoms with Crippen LogP contribution in [0.3, 0.4) is 0 Å². The van der Waals surface area contributed by atoms with Gasteiger partial charge in [-0.3, -0.25) is 9.59 Å². The summed E-state index contributed by atoms with van der Waals surface area (Å²) in [4.78, 5) is 23.3. The number of hydrogen-bond acceptors (Lipinski definition) is 7. The van der Waals surface area contributed by atoms with E-state index in [1.807, 2.05) is 0 Å². The first-order chi connectivity index (χ1) is 9.37. The zero-order valence-electron chi connectivity index (χ0n) is 10.8. The third-order valence-electron chi connectivity index (χ3n) is 3.76. The number of nitrogens with one attached hydrogen (secondary N) is 2. The molecule has 9 nitrogen and oxygen atoms in total. The molecule has 20 heavy (non-hydrogen) atoms. The highest BCUT2D eigenvalue weighted by molar-refractivity contribution is 5.94. The molecule has 2 aliphatic heterocycles. The minimum absolute atomic E-state index is 0.556. The van der Waals surface area contributed by atoms with E-state index in [0.717, 1.165) is 0 Å². The third-order valence-corrected chi connectivity index (χ3v) is 3.76. The Bertz CT molecular complexity index is 418. The summed E-state index contributed by atoms with van der Waals surface area (Å²) >= 11 is 0. The van der Waals surface area contributed by atoms with Crippen LogP contribution in [0.15, 0.2) is 0 Å². The molecule has 0 radical (unpaired) electrons. The minimum atomic E-state index is -1.75. The molecule has 0 aliphatic carbocycles. The van der Waals surface area contributed by atoms with Crippen molar-refractivity contribution in [3.05, 3.63) is 0 Å². The standard InChI is InChI=1S/C11H18N2O7/c1-4(16)13-11(3-15)9-6(12-10(11)19)8(18)7(17)5(2-14)20-9/h5-9,14-15,17-18H,2-3H2,1H3,(H,12,19)(H,13,16)/t5-,6?,7+,8-,9?,11-/m1/s1. The number of aliphatic hydroxyl groups excluding tert-OH is 4. The van der Waals surface area contributed by atoms with Gasteiger partial charge in [-0.05, 0) is 0 Å². The topological polar surface area (TPSA) is 148 Å². The van der Waals surface area contributed by atoms with Gasteiger partial charge in [0, 0.05) is 6.92 Å². The molecule has 2 heterocycles. The van der Waals surface area contributed by atoms with Crippen LogP contribution in [0.5, 0.6) is 0 Å². The number of amides is 2. The van der Waals surface area contributed by atoms with E-state index in [0.29, 0.717) is 0 Å². The van der Waals surface area contributed by atoms with E-state index in [-0.39, 0.29) is 0 Å². The Morgan fingerprint density at radius 3 is 2.55 bits per heavy atom. The highest BCUT2D eigenvalue weighted by Crippen LogP contribution is 2.33. The van der Waals surface area contributed by atoms with E-state index in [2.05, 4.69) is 10.6 Å². The second-order valence-electron chi connectivity index (χ2n) is 5.07. The molecule has 0 saturated carbocycles. The van der Waals surface area contributed by atoms with Crippen molar-refractivity contribution in [3.8, 4) is 0 Å². The Hall–Kier alpha value is -1.26. The van der Waals surface area contributed by atoms with Crippen LogP contribution in [-0.4, -0.2) is 81.5 Å². The Morgan fingerprint density at radius 1 is 1.40 bits per heavy atom. The number of hydrogen-bond donors (Lipinski definition) is 6. The van der Waals surface area contributed by atoms with Crippen molar-refractivity contribution in [2.45, 2.75) is 42.9 Å². The van der Waals surface area contributed by atoms with Gasteiger partial charge in [-0.2, -0.15) is 0 Å². The van der Waals surface area contributed by atoms with E-state index in [4.69, 9.17) is 9.84 Å². The van der Waals surface area contributed by atoms with Crippen LogP contribution in [0.25, 0.3) is 0 Å². The Kier molecular flexibility index (Phi) is 3.98. The molecule has 9 heteroatoms. The second-order valence-corrected chi connectivity index (χ2v) is 5.07. The number of carbonyl (C=O) groups is 2. The van der Waals surface area contributed by atoms with Crippen molar-refractivity contribution < 1.29 is 34.8 Å². The maximum Gasteiger partial charge on any atom is 0.251 e. The molecular weight excluding hydrogens is 272 g/mol. The van der Waals surface area contributed by atoms with E-state index >= 15 is 0 Å². The first-order valence-electron chi connectivity index (χ1n) is 6.20. The quantitative estimate of drug-likeness (QED) is 0.309. The van der Waals surface area contributed by atoms with Crippen molar-refractivity contribution in [1.82, 2.24) is 10.6 Å². The smallest absolute Gasteiger partial charge is 0.251 e. The lowest BCUT2D eigenvalue weighted by atomic mass is 9.85. The highest BCUT2D eigenvalue weighted by atomic mass is 16.5. The molecule has 2 fully saturated rings. The summed E-state index contributed by atoms with van der Waals surface area (Å²) in [6.45, 7) is -0.132. The fourth-order valence-corrected chi connectivity index (χ4v) is 2.75. The minimum Gasteiger partial charge on any atom is -0.394 e. The second kappa shape index (κ2) is 5.26. The van der Waals surface area contributed by atoms with Gasteiger partial charge in [0.15, 0.2) is 5.54 Å². The van der Waals surface area contributed by atoms with Crippen LogP contribution >= 0.6 is 0 Å². The van der Waals surface area contributed by atoms with Crippen molar-refractivity contribution in [2.75, 3.05) is 13.2 Å². The lowest BCUT2D eigenvalue weighted by Gasteiger charge is -2.43. The zero-order valence-corrected chi connectivity index (χ0v) is 10.8. The Labute approximate surface area is 114 Å². The highest BCUT2D eigenvalue weighted by Gasteiger charge is 2.62. The van der Waals surface area contributed by atoms with Crippen LogP contribution < -0.4 is 10.6 Å². The van der Waals surface area contributed by atoms with Gasteiger partial charge < -0.3 is 35.8 Å². The van der Waals surface area contributed by atoms with Gasteiger partial charge in [0.25, 0.3) is 5.91 Å². The van der Waals surface area contributed by atoms with E-state index in [1.165, 1.54) is 6.92 Å². The van der Waals surface area contributed by atoms with Gasteiger partial charge in [-0.15, -0.1) is 0 Å². The van der Waals surface area contributed by atoms with Crippen molar-refractivity contribution in [3.63, 3.8) is 0 Å². The predicted molar refractivity (Wildman–Crippen MR) is 63.3 cm³/mol. The molecule has 0 aromatic rings. The molecule has 0 bridgehead atoms. The van der Waals surface area contributed by atoms with Crippen LogP contribution in [0.1, 0.15) is 6.92 Å². The van der Waals surface area contributed by atoms with Gasteiger partial charge in [-0.25, -0.2) is 0 Å². The zero-order chi connectivity index (χ0) is 15.1. The van der Waals surface area contributed by atoms with Gasteiger partial charge in [0.2, 0.25) is 5.91 Å². The van der Waals surface area contributed by atoms with Crippen LogP contribution in [0, 0.1) is 0 Å². The number of rotatable bonds is 3. The summed E-state index contributed by atoms with van der Waals surface area (Å²) in [6, 6.07) is -0.987. The molecule has 2 unspecified atom stereocenters. The summed E-state index contributed by atoms with van der Waals surface area (Å²) in [5.74, 6) is -1.27. The molecule has 2 amide bonds. The molecule has 0 aromatic heterocycles. The van der Waals surface area contributed by atoms with Crippen LogP contribution in [0.2, 0.25) is 0 Å². The van der Waals surface area contributed by atoms with Crippen molar-refractivity contribution >= 4 is 11.8 Å². The van der Waals surface area contributed by atoms with Crippen LogP contribution in [-0.2, 0) is 14.3 Å². The molecule has 6 atom stereocenters. The van der Waals surface area contributed by atoms with Crippen molar-refractivity contribution in [2.24, 2.45) is 0 Å². The largest absolute Gasteiger partial charge is 0.394 e. The summed E-state index contributed by atoms with van der Waals surface area (Å²) < 4.78 is 5.40. The molecule has 114 valence electrons. The number of aliphatic hydroxyl groups is 4. The van der Waals surface area contributed by atoms with E-state index < -0.39 is 61.0 Å². The first kappa shape index (κ1) is 15.1. The average Bonchev–Trinajstić information content (AvgIpc) is 2.67. The summed E-state index contributed by atoms with van der Waals surface area (Å²) in [5, 5.41) is 43.1. The summed E-state index contributed by atoms with van der Waals surface area (Å²) in [5.41, 5.74) is -1.75. The molecule has 2 aliphatic rings. The normalized spacial score (nSPS) is 43.9. The van der Waals surface area contributed by atoms with Gasteiger partial charge in [0.1, 0.15) is 24.4 Å². The Morgan fingerprint density at radius 2 is 2.05 bits per heavy atom. The lowest BCUT2D eigenvalue weighted by Crippen LogP contribution is -2.68. The summed E-state index contributed by atoms with van der Waals surface area (Å²) in [7, 11) is 0. The predicted octanol–water partition coefficient (Wildman–Crippen LogP) is -4.17. The average molecular weight is 290 g/mol. The molecular formula is C11H18N2O7. The van der Waals surface area contributed by atoms with Gasteiger partial charge >= 0.3 is 0 Å².